The lowest BCUT2D eigenvalue weighted by atomic mass is 10.1. The number of nitrogens with zero attached hydrogens (tertiary/aromatic N) is 1. The number of fused-ring (bicyclic) bond motifs is 1. The Morgan fingerprint density at radius 1 is 1.30 bits per heavy atom. The number of aromatic amines is 1. The zero-order valence-electron chi connectivity index (χ0n) is 16.7. The number of aromatic nitrogens is 2. The molecule has 1 aromatic heterocycles. The normalized spacial score (nSPS) is 16.0. The van der Waals surface area contributed by atoms with E-state index < -0.39 is 17.9 Å². The number of nitrogens with one attached hydrogen (secondary N) is 2. The van der Waals surface area contributed by atoms with E-state index in [9.17, 15) is 14.4 Å². The number of hydrogen-bond donors (Lipinski definition) is 4. The van der Waals surface area contributed by atoms with E-state index >= 15 is 0 Å². The zero-order valence-corrected chi connectivity index (χ0v) is 16.7. The molecule has 1 heterocycles. The number of ether oxygens (including phenoxy) is 1. The molecule has 9 heteroatoms. The number of rotatable bonds is 9. The lowest BCUT2D eigenvalue weighted by Crippen LogP contribution is -2.40. The fourth-order valence-corrected chi connectivity index (χ4v) is 3.51. The molecule has 1 aliphatic carbocycles. The van der Waals surface area contributed by atoms with Gasteiger partial charge in [-0.2, -0.15) is 0 Å². The van der Waals surface area contributed by atoms with Crippen LogP contribution in [0.15, 0.2) is 29.1 Å². The summed E-state index contributed by atoms with van der Waals surface area (Å²) >= 11 is 0. The van der Waals surface area contributed by atoms with Gasteiger partial charge in [-0.15, -0.1) is 0 Å². The third kappa shape index (κ3) is 5.24. The van der Waals surface area contributed by atoms with E-state index in [2.05, 4.69) is 15.3 Å². The Balaban J connectivity index is 1.53. The molecule has 1 aliphatic rings. The second kappa shape index (κ2) is 9.53. The van der Waals surface area contributed by atoms with Gasteiger partial charge in [-0.25, -0.2) is 9.78 Å². The lowest BCUT2D eigenvalue weighted by Gasteiger charge is -2.14. The monoisotopic (exact) mass is 415 g/mol. The maximum absolute atomic E-state index is 12.3. The van der Waals surface area contributed by atoms with E-state index in [0.29, 0.717) is 36.6 Å². The van der Waals surface area contributed by atoms with Gasteiger partial charge in [0, 0.05) is 23.7 Å². The van der Waals surface area contributed by atoms with E-state index in [1.165, 1.54) is 0 Å². The van der Waals surface area contributed by atoms with E-state index in [1.807, 2.05) is 0 Å². The highest BCUT2D eigenvalue weighted by Crippen LogP contribution is 2.23. The van der Waals surface area contributed by atoms with Crippen LogP contribution in [0.3, 0.4) is 0 Å². The Morgan fingerprint density at radius 2 is 2.03 bits per heavy atom. The molecule has 9 nitrogen and oxygen atoms in total. The van der Waals surface area contributed by atoms with Crippen LogP contribution in [0.4, 0.5) is 0 Å². The number of carboxylic acid groups (broad SMARTS) is 1. The number of aliphatic hydroxyl groups excluding tert-OH is 1. The summed E-state index contributed by atoms with van der Waals surface area (Å²) in [7, 11) is 0. The average Bonchev–Trinajstić information content (AvgIpc) is 3.12. The van der Waals surface area contributed by atoms with E-state index in [1.54, 1.807) is 31.2 Å². The summed E-state index contributed by atoms with van der Waals surface area (Å²) in [4.78, 5) is 42.6. The number of H-pyrrole nitrogens is 1. The van der Waals surface area contributed by atoms with E-state index in [-0.39, 0.29) is 30.9 Å². The molecule has 0 fully saturated rings. The van der Waals surface area contributed by atoms with Gasteiger partial charge in [0.25, 0.3) is 11.5 Å². The summed E-state index contributed by atoms with van der Waals surface area (Å²) in [6.07, 6.45) is 1.74. The van der Waals surface area contributed by atoms with Crippen LogP contribution < -0.4 is 15.6 Å². The second-order valence-corrected chi connectivity index (χ2v) is 7.42. The predicted octanol–water partition coefficient (Wildman–Crippen LogP) is 0.828. The number of amides is 1. The number of aryl methyl sites for hydroxylation is 1. The van der Waals surface area contributed by atoms with Crippen molar-refractivity contribution in [2.75, 3.05) is 13.2 Å². The van der Waals surface area contributed by atoms with E-state index in [0.717, 1.165) is 11.3 Å². The van der Waals surface area contributed by atoms with Crippen molar-refractivity contribution >= 4 is 11.9 Å². The van der Waals surface area contributed by atoms with Gasteiger partial charge in [-0.3, -0.25) is 9.59 Å². The van der Waals surface area contributed by atoms with Crippen molar-refractivity contribution in [2.24, 2.45) is 5.92 Å². The summed E-state index contributed by atoms with van der Waals surface area (Å²) in [6.45, 7) is 2.04. The molecule has 0 bridgehead atoms. The molecular formula is C21H25N3O6. The topological polar surface area (TPSA) is 142 Å². The summed E-state index contributed by atoms with van der Waals surface area (Å²) in [5.41, 5.74) is 1.77. The maximum Gasteiger partial charge on any atom is 0.326 e. The quantitative estimate of drug-likeness (QED) is 0.475. The largest absolute Gasteiger partial charge is 0.493 e. The zero-order chi connectivity index (χ0) is 21.7. The highest BCUT2D eigenvalue weighted by molar-refractivity contribution is 5.96. The van der Waals surface area contributed by atoms with Gasteiger partial charge in [0.1, 0.15) is 17.6 Å². The van der Waals surface area contributed by atoms with Gasteiger partial charge < -0.3 is 25.3 Å². The molecule has 0 radical (unpaired) electrons. The van der Waals surface area contributed by atoms with Crippen molar-refractivity contribution in [1.29, 1.82) is 0 Å². The van der Waals surface area contributed by atoms with Crippen LogP contribution in [-0.2, 0) is 17.6 Å². The van der Waals surface area contributed by atoms with Crippen LogP contribution >= 0.6 is 0 Å². The predicted molar refractivity (Wildman–Crippen MR) is 108 cm³/mol. The molecule has 0 aliphatic heterocycles. The van der Waals surface area contributed by atoms with Crippen molar-refractivity contribution in [2.45, 2.75) is 38.6 Å². The molecule has 1 aromatic carbocycles. The number of carbonyl (C=O) groups is 2. The fourth-order valence-electron chi connectivity index (χ4n) is 3.51. The van der Waals surface area contributed by atoms with Gasteiger partial charge in [-0.1, -0.05) is 0 Å². The number of hydrogen-bond acceptors (Lipinski definition) is 6. The number of aliphatic hydroxyl groups is 1. The maximum atomic E-state index is 12.3. The molecule has 1 unspecified atom stereocenters. The van der Waals surface area contributed by atoms with Gasteiger partial charge in [0.05, 0.1) is 12.3 Å². The van der Waals surface area contributed by atoms with Gasteiger partial charge in [0.15, 0.2) is 0 Å². The first kappa shape index (κ1) is 21.5. The van der Waals surface area contributed by atoms with Crippen molar-refractivity contribution in [3.8, 4) is 5.75 Å². The molecule has 30 heavy (non-hydrogen) atoms. The first-order valence-corrected chi connectivity index (χ1v) is 9.83. The third-order valence-electron chi connectivity index (χ3n) is 5.05. The third-order valence-corrected chi connectivity index (χ3v) is 5.05. The van der Waals surface area contributed by atoms with Crippen LogP contribution in [0.25, 0.3) is 0 Å². The Bertz CT molecular complexity index is 970. The minimum absolute atomic E-state index is 0.0889. The number of carbonyl (C=O) groups excluding carboxylic acids is 1. The van der Waals surface area contributed by atoms with Crippen LogP contribution in [0, 0.1) is 12.8 Å². The molecule has 1 amide bonds. The minimum atomic E-state index is -1.14. The summed E-state index contributed by atoms with van der Waals surface area (Å²) in [5.74, 6) is -0.302. The molecule has 0 saturated carbocycles. The van der Waals surface area contributed by atoms with Gasteiger partial charge in [-0.05, 0) is 56.9 Å². The first-order valence-electron chi connectivity index (χ1n) is 9.83. The van der Waals surface area contributed by atoms with Crippen LogP contribution in [0.1, 0.15) is 40.3 Å². The highest BCUT2D eigenvalue weighted by Gasteiger charge is 2.26. The summed E-state index contributed by atoms with van der Waals surface area (Å²) < 4.78 is 5.80. The second-order valence-electron chi connectivity index (χ2n) is 7.42. The molecule has 2 atom stereocenters. The Morgan fingerprint density at radius 3 is 2.70 bits per heavy atom. The van der Waals surface area contributed by atoms with Crippen LogP contribution in [0.5, 0.6) is 5.75 Å². The Hall–Kier alpha value is -3.20. The van der Waals surface area contributed by atoms with Crippen LogP contribution in [0.2, 0.25) is 0 Å². The van der Waals surface area contributed by atoms with Crippen LogP contribution in [-0.4, -0.2) is 51.3 Å². The molecule has 160 valence electrons. The Kier molecular flexibility index (Phi) is 6.83. The highest BCUT2D eigenvalue weighted by atomic mass is 16.5. The van der Waals surface area contributed by atoms with Gasteiger partial charge in [0.2, 0.25) is 0 Å². The fraction of sp³-hybridized carbons (Fsp3) is 0.429. The standard InChI is InChI=1S/C21H25N3O6/c1-12-22-18-10-13(9-16(18)20(27)23-12)11-30-15-6-4-14(5-7-15)19(26)24-17(21(28)29)3-2-8-25/h4-7,13,17,25H,2-3,8-11H2,1H3,(H,24,26)(H,28,29)(H,22,23,27)/t13?,17-/m0/s1. The van der Waals surface area contributed by atoms with Crippen molar-refractivity contribution in [3.05, 3.63) is 57.3 Å². The average molecular weight is 415 g/mol. The number of aliphatic carboxylic acids is 1. The van der Waals surface area contributed by atoms with Gasteiger partial charge >= 0.3 is 5.97 Å². The van der Waals surface area contributed by atoms with E-state index in [4.69, 9.17) is 14.9 Å². The Labute approximate surface area is 173 Å². The molecule has 0 saturated heterocycles. The summed E-state index contributed by atoms with van der Waals surface area (Å²) in [6, 6.07) is 5.37. The van der Waals surface area contributed by atoms with Crippen molar-refractivity contribution in [3.63, 3.8) is 0 Å². The van der Waals surface area contributed by atoms with Crippen molar-refractivity contribution in [1.82, 2.24) is 15.3 Å². The molecule has 0 spiro atoms. The number of benzene rings is 1. The molecule has 3 rings (SSSR count). The molecule has 2 aromatic rings. The lowest BCUT2D eigenvalue weighted by molar-refractivity contribution is -0.139. The molecule has 4 N–H and O–H groups in total. The number of carboxylic acids is 1. The minimum Gasteiger partial charge on any atom is -0.493 e. The summed E-state index contributed by atoms with van der Waals surface area (Å²) in [5, 5.41) is 20.5. The van der Waals surface area contributed by atoms with Crippen molar-refractivity contribution < 1.29 is 24.5 Å². The smallest absolute Gasteiger partial charge is 0.326 e. The SMILES string of the molecule is Cc1nc2c(c(=O)[nH]1)CC(COc1ccc(C(=O)N[C@@H](CCCO)C(=O)O)cc1)C2. The molecular weight excluding hydrogens is 390 g/mol. The first-order chi connectivity index (χ1) is 14.4.